The Bertz CT molecular complexity index is 474. The molecule has 0 saturated carbocycles. The second-order valence-corrected chi connectivity index (χ2v) is 4.23. The topological polar surface area (TPSA) is 57.0 Å². The van der Waals surface area contributed by atoms with Crippen molar-refractivity contribution in [3.8, 4) is 6.07 Å². The molecule has 0 aliphatic carbocycles. The fourth-order valence-corrected chi connectivity index (χ4v) is 1.72. The summed E-state index contributed by atoms with van der Waals surface area (Å²) in [5.41, 5.74) is -0.240. The number of hydrogen-bond donors (Lipinski definition) is 0. The molecule has 0 atom stereocenters. The lowest BCUT2D eigenvalue weighted by Gasteiger charge is -2.43. The van der Waals surface area contributed by atoms with Crippen molar-refractivity contribution in [1.29, 1.82) is 5.26 Å². The highest BCUT2D eigenvalue weighted by atomic mass is 19.1. The SMILES string of the molecule is CC1(C#N)CN(C(=O)c2cncc(F)c2)C1. The maximum Gasteiger partial charge on any atom is 0.255 e. The number of halogens is 1. The van der Waals surface area contributed by atoms with Gasteiger partial charge in [0.15, 0.2) is 0 Å². The summed E-state index contributed by atoms with van der Waals surface area (Å²) in [6.07, 6.45) is 2.37. The second kappa shape index (κ2) is 3.56. The lowest BCUT2D eigenvalue weighted by molar-refractivity contribution is 0.0368. The average molecular weight is 219 g/mol. The third-order valence-corrected chi connectivity index (χ3v) is 2.59. The van der Waals surface area contributed by atoms with Gasteiger partial charge in [-0.2, -0.15) is 5.26 Å². The van der Waals surface area contributed by atoms with E-state index in [1.54, 1.807) is 6.92 Å². The zero-order chi connectivity index (χ0) is 11.8. The number of carbonyl (C=O) groups is 1. The van der Waals surface area contributed by atoms with Crippen LogP contribution in [0.15, 0.2) is 18.5 Å². The molecule has 1 aliphatic rings. The first-order valence-electron chi connectivity index (χ1n) is 4.85. The van der Waals surface area contributed by atoms with Crippen LogP contribution in [0.25, 0.3) is 0 Å². The van der Waals surface area contributed by atoms with Gasteiger partial charge in [-0.15, -0.1) is 0 Å². The molecule has 82 valence electrons. The van der Waals surface area contributed by atoms with Crippen molar-refractivity contribution < 1.29 is 9.18 Å². The smallest absolute Gasteiger partial charge is 0.255 e. The Morgan fingerprint density at radius 2 is 2.31 bits per heavy atom. The average Bonchev–Trinajstić information content (AvgIpc) is 2.24. The lowest BCUT2D eigenvalue weighted by Crippen LogP contribution is -2.56. The molecule has 5 heteroatoms. The van der Waals surface area contributed by atoms with Gasteiger partial charge in [0.05, 0.1) is 23.2 Å². The number of amides is 1. The van der Waals surface area contributed by atoms with Gasteiger partial charge < -0.3 is 4.90 Å². The predicted octanol–water partition coefficient (Wildman–Crippen LogP) is 1.21. The van der Waals surface area contributed by atoms with E-state index in [9.17, 15) is 9.18 Å². The van der Waals surface area contributed by atoms with E-state index in [1.165, 1.54) is 11.1 Å². The highest BCUT2D eigenvalue weighted by Gasteiger charge is 2.41. The third kappa shape index (κ3) is 1.74. The summed E-state index contributed by atoms with van der Waals surface area (Å²) in [6, 6.07) is 3.29. The quantitative estimate of drug-likeness (QED) is 0.713. The van der Waals surface area contributed by atoms with E-state index in [0.29, 0.717) is 13.1 Å². The highest BCUT2D eigenvalue weighted by molar-refractivity contribution is 5.94. The highest BCUT2D eigenvalue weighted by Crippen LogP contribution is 2.29. The van der Waals surface area contributed by atoms with Crippen molar-refractivity contribution in [1.82, 2.24) is 9.88 Å². The van der Waals surface area contributed by atoms with Crippen LogP contribution in [0.5, 0.6) is 0 Å². The van der Waals surface area contributed by atoms with Gasteiger partial charge in [0.2, 0.25) is 0 Å². The van der Waals surface area contributed by atoms with Gasteiger partial charge in [-0.3, -0.25) is 9.78 Å². The number of nitriles is 1. The van der Waals surface area contributed by atoms with Crippen molar-refractivity contribution in [3.63, 3.8) is 0 Å². The van der Waals surface area contributed by atoms with Crippen LogP contribution in [0.3, 0.4) is 0 Å². The Morgan fingerprint density at radius 3 is 2.88 bits per heavy atom. The van der Waals surface area contributed by atoms with E-state index in [2.05, 4.69) is 11.1 Å². The number of rotatable bonds is 1. The minimum absolute atomic E-state index is 0.222. The molecule has 1 saturated heterocycles. The van der Waals surface area contributed by atoms with E-state index in [4.69, 9.17) is 5.26 Å². The van der Waals surface area contributed by atoms with Crippen LogP contribution in [-0.2, 0) is 0 Å². The zero-order valence-electron chi connectivity index (χ0n) is 8.77. The number of pyridine rings is 1. The molecule has 1 aliphatic heterocycles. The Hall–Kier alpha value is -1.96. The summed E-state index contributed by atoms with van der Waals surface area (Å²) in [5.74, 6) is -0.811. The first kappa shape index (κ1) is 10.6. The summed E-state index contributed by atoms with van der Waals surface area (Å²) >= 11 is 0. The number of carbonyl (C=O) groups excluding carboxylic acids is 1. The Morgan fingerprint density at radius 1 is 1.62 bits per heavy atom. The van der Waals surface area contributed by atoms with Crippen LogP contribution in [0.1, 0.15) is 17.3 Å². The van der Waals surface area contributed by atoms with E-state index < -0.39 is 11.2 Å². The normalized spacial score (nSPS) is 17.4. The molecule has 2 rings (SSSR count). The number of hydrogen-bond acceptors (Lipinski definition) is 3. The van der Waals surface area contributed by atoms with Crippen molar-refractivity contribution >= 4 is 5.91 Å². The van der Waals surface area contributed by atoms with Crippen LogP contribution < -0.4 is 0 Å². The summed E-state index contributed by atoms with van der Waals surface area (Å²) in [6.45, 7) is 2.57. The minimum atomic E-state index is -0.533. The van der Waals surface area contributed by atoms with Gasteiger partial charge in [-0.1, -0.05) is 0 Å². The molecule has 0 N–H and O–H groups in total. The molecule has 0 spiro atoms. The molecule has 1 aromatic heterocycles. The second-order valence-electron chi connectivity index (χ2n) is 4.23. The number of nitrogens with zero attached hydrogens (tertiary/aromatic N) is 3. The van der Waals surface area contributed by atoms with Gasteiger partial charge in [-0.05, 0) is 13.0 Å². The lowest BCUT2D eigenvalue weighted by atomic mass is 9.83. The Labute approximate surface area is 92.3 Å². The fourth-order valence-electron chi connectivity index (χ4n) is 1.72. The summed E-state index contributed by atoms with van der Waals surface area (Å²) < 4.78 is 12.8. The van der Waals surface area contributed by atoms with Crippen molar-refractivity contribution in [3.05, 3.63) is 29.8 Å². The Kier molecular flexibility index (Phi) is 2.35. The molecule has 1 aromatic rings. The van der Waals surface area contributed by atoms with Gasteiger partial charge in [0.1, 0.15) is 5.82 Å². The molecule has 4 nitrogen and oxygen atoms in total. The van der Waals surface area contributed by atoms with Crippen LogP contribution in [-0.4, -0.2) is 28.9 Å². The number of likely N-dealkylation sites (tertiary alicyclic amines) is 1. The summed E-state index contributed by atoms with van der Waals surface area (Å²) in [4.78, 5) is 16.9. The number of aromatic nitrogens is 1. The maximum atomic E-state index is 12.8. The largest absolute Gasteiger partial charge is 0.335 e. The summed E-state index contributed by atoms with van der Waals surface area (Å²) in [7, 11) is 0. The van der Waals surface area contributed by atoms with Gasteiger partial charge in [-0.25, -0.2) is 4.39 Å². The first-order chi connectivity index (χ1) is 7.54. The summed E-state index contributed by atoms with van der Waals surface area (Å²) in [5, 5.41) is 8.80. The van der Waals surface area contributed by atoms with Crippen molar-refractivity contribution in [2.75, 3.05) is 13.1 Å². The fraction of sp³-hybridized carbons (Fsp3) is 0.364. The zero-order valence-corrected chi connectivity index (χ0v) is 8.77. The molecule has 0 aromatic carbocycles. The van der Waals surface area contributed by atoms with Gasteiger partial charge in [0, 0.05) is 19.3 Å². The standard InChI is InChI=1S/C11H10FN3O/c1-11(5-13)6-15(7-11)10(16)8-2-9(12)4-14-3-8/h2-4H,6-7H2,1H3. The third-order valence-electron chi connectivity index (χ3n) is 2.59. The monoisotopic (exact) mass is 219 g/mol. The van der Waals surface area contributed by atoms with Gasteiger partial charge >= 0.3 is 0 Å². The van der Waals surface area contributed by atoms with Crippen LogP contribution in [0, 0.1) is 22.6 Å². The molecule has 0 radical (unpaired) electrons. The van der Waals surface area contributed by atoms with Crippen molar-refractivity contribution in [2.45, 2.75) is 6.92 Å². The van der Waals surface area contributed by atoms with Crippen LogP contribution in [0.2, 0.25) is 0 Å². The van der Waals surface area contributed by atoms with Crippen LogP contribution in [0.4, 0.5) is 4.39 Å². The molecule has 0 bridgehead atoms. The molecule has 16 heavy (non-hydrogen) atoms. The van der Waals surface area contributed by atoms with Gasteiger partial charge in [0.25, 0.3) is 5.91 Å². The molecule has 1 fully saturated rings. The van der Waals surface area contributed by atoms with E-state index >= 15 is 0 Å². The minimum Gasteiger partial charge on any atom is -0.335 e. The van der Waals surface area contributed by atoms with E-state index in [1.807, 2.05) is 0 Å². The molecular formula is C11H10FN3O. The van der Waals surface area contributed by atoms with Crippen molar-refractivity contribution in [2.24, 2.45) is 5.41 Å². The molecule has 0 unspecified atom stereocenters. The van der Waals surface area contributed by atoms with Crippen LogP contribution >= 0.6 is 0 Å². The van der Waals surface area contributed by atoms with E-state index in [0.717, 1.165) is 12.3 Å². The maximum absolute atomic E-state index is 12.8. The predicted molar refractivity (Wildman–Crippen MR) is 53.8 cm³/mol. The first-order valence-corrected chi connectivity index (χ1v) is 4.85. The van der Waals surface area contributed by atoms with E-state index in [-0.39, 0.29) is 11.5 Å². The Balaban J connectivity index is 2.09. The molecular weight excluding hydrogens is 209 g/mol. The molecule has 1 amide bonds. The molecule has 2 heterocycles.